The summed E-state index contributed by atoms with van der Waals surface area (Å²) in [5.41, 5.74) is 8.61. The van der Waals surface area contributed by atoms with E-state index >= 15 is 0 Å². The molecule has 1 fully saturated rings. The van der Waals surface area contributed by atoms with Crippen LogP contribution < -0.4 is 11.1 Å². The molecule has 0 bridgehead atoms. The Morgan fingerprint density at radius 1 is 1.56 bits per heavy atom. The number of alkyl halides is 1. The fourth-order valence-electron chi connectivity index (χ4n) is 2.53. The summed E-state index contributed by atoms with van der Waals surface area (Å²) >= 11 is 12.0. The summed E-state index contributed by atoms with van der Waals surface area (Å²) in [6, 6.07) is 1.72. The number of aryl methyl sites for hydroxylation is 1. The van der Waals surface area contributed by atoms with Crippen LogP contribution in [-0.4, -0.2) is 35.3 Å². The SMILES string of the molecule is C/C(N)=C/C(=N/C1CCCCO1)c1c(NC(=O)CCl)cc(C)nc1Cl. The van der Waals surface area contributed by atoms with Crippen LogP contribution in [0.25, 0.3) is 0 Å². The van der Waals surface area contributed by atoms with Crippen molar-refractivity contribution in [3.63, 3.8) is 0 Å². The number of hydrogen-bond donors (Lipinski definition) is 2. The zero-order valence-electron chi connectivity index (χ0n) is 14.3. The summed E-state index contributed by atoms with van der Waals surface area (Å²) in [5.74, 6) is -0.506. The quantitative estimate of drug-likeness (QED) is 0.462. The Bertz CT molecular complexity index is 694. The number of carbonyl (C=O) groups is 1. The maximum absolute atomic E-state index is 11.8. The van der Waals surface area contributed by atoms with E-state index in [1.165, 1.54) is 0 Å². The summed E-state index contributed by atoms with van der Waals surface area (Å²) in [7, 11) is 0. The highest BCUT2D eigenvalue weighted by Gasteiger charge is 2.19. The van der Waals surface area contributed by atoms with Gasteiger partial charge in [0.1, 0.15) is 17.3 Å². The standard InChI is InChI=1S/C17H22Cl2N4O2/c1-10(20)7-12(23-15-5-3-4-6-25-15)16-13(22-14(24)9-18)8-11(2)21-17(16)19/h7-8,15H,3-6,9,20H2,1-2H3,(H,21,22,24)/b10-7-,23-12-. The number of nitrogens with zero attached hydrogens (tertiary/aromatic N) is 2. The minimum absolute atomic E-state index is 0.164. The molecule has 1 aliphatic rings. The Morgan fingerprint density at radius 3 is 2.92 bits per heavy atom. The predicted molar refractivity (Wildman–Crippen MR) is 101 cm³/mol. The van der Waals surface area contributed by atoms with Gasteiger partial charge in [-0.3, -0.25) is 9.79 Å². The van der Waals surface area contributed by atoms with Crippen LogP contribution in [0.1, 0.15) is 37.4 Å². The molecule has 1 saturated heterocycles. The molecule has 0 aliphatic carbocycles. The van der Waals surface area contributed by atoms with E-state index < -0.39 is 0 Å². The van der Waals surface area contributed by atoms with Gasteiger partial charge in [0.25, 0.3) is 0 Å². The molecule has 1 aliphatic heterocycles. The molecule has 1 aromatic rings. The summed E-state index contributed by atoms with van der Waals surface area (Å²) in [5, 5.41) is 2.98. The molecule has 1 aromatic heterocycles. The predicted octanol–water partition coefficient (Wildman–Crippen LogP) is 3.40. The van der Waals surface area contributed by atoms with Crippen molar-refractivity contribution >= 4 is 40.5 Å². The number of allylic oxidation sites excluding steroid dienone is 2. The van der Waals surface area contributed by atoms with E-state index in [1.54, 1.807) is 26.0 Å². The fraction of sp³-hybridized carbons (Fsp3) is 0.471. The number of amides is 1. The Labute approximate surface area is 157 Å². The summed E-state index contributed by atoms with van der Waals surface area (Å²) in [6.45, 7) is 4.21. The van der Waals surface area contributed by atoms with Gasteiger partial charge in [-0.2, -0.15) is 0 Å². The van der Waals surface area contributed by atoms with E-state index in [-0.39, 0.29) is 23.2 Å². The first-order chi connectivity index (χ1) is 11.9. The van der Waals surface area contributed by atoms with Gasteiger partial charge in [-0.1, -0.05) is 11.6 Å². The normalized spacial score (nSPS) is 19.0. The zero-order valence-corrected chi connectivity index (χ0v) is 15.8. The van der Waals surface area contributed by atoms with Crippen molar-refractivity contribution in [3.8, 4) is 0 Å². The van der Waals surface area contributed by atoms with Gasteiger partial charge < -0.3 is 15.8 Å². The van der Waals surface area contributed by atoms with Crippen LogP contribution in [0.4, 0.5) is 5.69 Å². The van der Waals surface area contributed by atoms with E-state index in [4.69, 9.17) is 33.7 Å². The van der Waals surface area contributed by atoms with Gasteiger partial charge in [0.05, 0.1) is 17.0 Å². The fourth-order valence-corrected chi connectivity index (χ4v) is 2.93. The molecular weight excluding hydrogens is 363 g/mol. The van der Waals surface area contributed by atoms with Gasteiger partial charge >= 0.3 is 0 Å². The summed E-state index contributed by atoms with van der Waals surface area (Å²) < 4.78 is 5.69. The molecule has 0 saturated carbocycles. The number of nitrogens with two attached hydrogens (primary N) is 1. The van der Waals surface area contributed by atoms with Crippen molar-refractivity contribution in [2.75, 3.05) is 17.8 Å². The Balaban J connectivity index is 2.53. The number of nitrogens with one attached hydrogen (secondary N) is 1. The number of ether oxygens (including phenoxy) is 1. The molecule has 1 unspecified atom stereocenters. The minimum atomic E-state index is -0.341. The lowest BCUT2D eigenvalue weighted by Crippen LogP contribution is -2.21. The molecular formula is C17H22Cl2N4O2. The first-order valence-electron chi connectivity index (χ1n) is 8.07. The highest BCUT2D eigenvalue weighted by molar-refractivity contribution is 6.35. The number of aliphatic imine (C=N–C) groups is 1. The minimum Gasteiger partial charge on any atom is -0.402 e. The second-order valence-electron chi connectivity index (χ2n) is 5.88. The molecule has 1 atom stereocenters. The van der Waals surface area contributed by atoms with E-state index in [1.807, 2.05) is 0 Å². The smallest absolute Gasteiger partial charge is 0.239 e. The average Bonchev–Trinajstić information content (AvgIpc) is 2.54. The second-order valence-corrected chi connectivity index (χ2v) is 6.51. The highest BCUT2D eigenvalue weighted by atomic mass is 35.5. The lowest BCUT2D eigenvalue weighted by atomic mass is 10.1. The number of carbonyl (C=O) groups excluding carboxylic acids is 1. The molecule has 0 spiro atoms. The van der Waals surface area contributed by atoms with E-state index in [9.17, 15) is 4.79 Å². The van der Waals surface area contributed by atoms with E-state index in [2.05, 4.69) is 15.3 Å². The monoisotopic (exact) mass is 384 g/mol. The van der Waals surface area contributed by atoms with Crippen LogP contribution in [0.5, 0.6) is 0 Å². The maximum Gasteiger partial charge on any atom is 0.239 e. The Morgan fingerprint density at radius 2 is 2.32 bits per heavy atom. The Kier molecular flexibility index (Phi) is 7.23. The topological polar surface area (TPSA) is 89.6 Å². The number of rotatable bonds is 5. The molecule has 1 amide bonds. The molecule has 0 aromatic carbocycles. The lowest BCUT2D eigenvalue weighted by molar-refractivity contribution is -0.113. The van der Waals surface area contributed by atoms with Gasteiger partial charge in [0.15, 0.2) is 0 Å². The number of aromatic nitrogens is 1. The number of pyridine rings is 1. The van der Waals surface area contributed by atoms with Crippen LogP contribution in [0, 0.1) is 6.92 Å². The van der Waals surface area contributed by atoms with Gasteiger partial charge in [-0.25, -0.2) is 4.98 Å². The van der Waals surface area contributed by atoms with Crippen LogP contribution in [0.3, 0.4) is 0 Å². The number of hydrogen-bond acceptors (Lipinski definition) is 5. The first-order valence-corrected chi connectivity index (χ1v) is 8.98. The molecule has 3 N–H and O–H groups in total. The van der Waals surface area contributed by atoms with Crippen LogP contribution in [0.2, 0.25) is 5.15 Å². The largest absolute Gasteiger partial charge is 0.402 e. The van der Waals surface area contributed by atoms with E-state index in [0.717, 1.165) is 19.3 Å². The van der Waals surface area contributed by atoms with Crippen LogP contribution in [-0.2, 0) is 9.53 Å². The third-order valence-corrected chi connectivity index (χ3v) is 4.07. The van der Waals surface area contributed by atoms with Gasteiger partial charge in [-0.15, -0.1) is 11.6 Å². The third-order valence-electron chi connectivity index (χ3n) is 3.56. The zero-order chi connectivity index (χ0) is 18.4. The average molecular weight is 385 g/mol. The van der Waals surface area contributed by atoms with Crippen molar-refractivity contribution in [2.24, 2.45) is 10.7 Å². The van der Waals surface area contributed by atoms with Gasteiger partial charge in [0, 0.05) is 18.0 Å². The van der Waals surface area contributed by atoms with Crippen molar-refractivity contribution in [1.82, 2.24) is 4.98 Å². The molecule has 0 radical (unpaired) electrons. The lowest BCUT2D eigenvalue weighted by Gasteiger charge is -2.21. The van der Waals surface area contributed by atoms with Crippen LogP contribution in [0.15, 0.2) is 22.8 Å². The van der Waals surface area contributed by atoms with Crippen LogP contribution >= 0.6 is 23.2 Å². The first kappa shape index (κ1) is 19.7. The Hall–Kier alpha value is -1.63. The third kappa shape index (κ3) is 5.70. The van der Waals surface area contributed by atoms with Crippen molar-refractivity contribution < 1.29 is 9.53 Å². The summed E-state index contributed by atoms with van der Waals surface area (Å²) in [6.07, 6.45) is 4.32. The molecule has 2 rings (SSSR count). The number of anilines is 1. The van der Waals surface area contributed by atoms with Gasteiger partial charge in [-0.05, 0) is 45.3 Å². The molecule has 8 heteroatoms. The van der Waals surface area contributed by atoms with E-state index in [0.29, 0.717) is 35.0 Å². The van der Waals surface area contributed by atoms with Crippen molar-refractivity contribution in [2.45, 2.75) is 39.3 Å². The van der Waals surface area contributed by atoms with Crippen molar-refractivity contribution in [1.29, 1.82) is 0 Å². The van der Waals surface area contributed by atoms with Crippen molar-refractivity contribution in [3.05, 3.63) is 34.2 Å². The van der Waals surface area contributed by atoms with Gasteiger partial charge in [0.2, 0.25) is 5.91 Å². The maximum atomic E-state index is 11.8. The summed E-state index contributed by atoms with van der Waals surface area (Å²) in [4.78, 5) is 20.7. The number of halogens is 2. The second kappa shape index (κ2) is 9.17. The molecule has 6 nitrogen and oxygen atoms in total. The highest BCUT2D eigenvalue weighted by Crippen LogP contribution is 2.27. The molecule has 2 heterocycles. The molecule has 25 heavy (non-hydrogen) atoms. The molecule has 136 valence electrons.